The van der Waals surface area contributed by atoms with Gasteiger partial charge in [-0.3, -0.25) is 23.7 Å². The van der Waals surface area contributed by atoms with Gasteiger partial charge in [0, 0.05) is 0 Å². The molecule has 0 aliphatic carbocycles. The van der Waals surface area contributed by atoms with Crippen LogP contribution in [0.15, 0.2) is 0 Å². The van der Waals surface area contributed by atoms with Gasteiger partial charge >= 0.3 is 23.9 Å². The van der Waals surface area contributed by atoms with Crippen molar-refractivity contribution in [2.75, 3.05) is 0 Å². The summed E-state index contributed by atoms with van der Waals surface area (Å²) in [5.74, 6) is -7.27. The first-order valence-electron chi connectivity index (χ1n) is 13.7. The summed E-state index contributed by atoms with van der Waals surface area (Å²) in [7, 11) is -5.06. The Morgan fingerprint density at radius 2 is 0.868 bits per heavy atom. The number of carboxylic acids is 4. The average molecular weight is 567 g/mol. The third kappa shape index (κ3) is 15.3. The summed E-state index contributed by atoms with van der Waals surface area (Å²) in [4.78, 5) is 44.0. The second-order valence-corrected chi connectivity index (χ2v) is 11.9. The van der Waals surface area contributed by atoms with Crippen LogP contribution in [0.3, 0.4) is 0 Å². The summed E-state index contributed by atoms with van der Waals surface area (Å²) in [5, 5.41) is 35.8. The van der Waals surface area contributed by atoms with E-state index in [1.807, 2.05) is 0 Å². The van der Waals surface area contributed by atoms with Crippen molar-refractivity contribution in [2.45, 2.75) is 133 Å². The molecule has 5 N–H and O–H groups in total. The maximum atomic E-state index is 11.6. The minimum atomic E-state index is -5.06. The normalized spacial score (nSPS) is 13.3. The molecule has 0 aromatic rings. The monoisotopic (exact) mass is 566 g/mol. The van der Waals surface area contributed by atoms with E-state index in [1.54, 1.807) is 0 Å². The summed E-state index contributed by atoms with van der Waals surface area (Å²) in [6.45, 7) is 0. The third-order valence-corrected chi connectivity index (χ3v) is 8.50. The van der Waals surface area contributed by atoms with Gasteiger partial charge in [-0.25, -0.2) is 0 Å². The summed E-state index contributed by atoms with van der Waals surface area (Å²) in [6.07, 6.45) is 14.9. The van der Waals surface area contributed by atoms with Crippen molar-refractivity contribution in [3.63, 3.8) is 0 Å². The van der Waals surface area contributed by atoms with E-state index in [2.05, 4.69) is 0 Å². The zero-order chi connectivity index (χ0) is 29.0. The molecule has 0 saturated carbocycles. The molecule has 0 bridgehead atoms. The van der Waals surface area contributed by atoms with Crippen LogP contribution in [0.4, 0.5) is 0 Å². The molecule has 1 unspecified atom stereocenters. The van der Waals surface area contributed by atoms with E-state index in [0.717, 1.165) is 57.8 Å². The van der Waals surface area contributed by atoms with E-state index in [0.29, 0.717) is 12.8 Å². The van der Waals surface area contributed by atoms with E-state index in [9.17, 15) is 37.3 Å². The highest BCUT2D eigenvalue weighted by molar-refractivity contribution is 7.88. The lowest BCUT2D eigenvalue weighted by Crippen LogP contribution is -2.48. The molecule has 0 aliphatic rings. The van der Waals surface area contributed by atoms with Crippen LogP contribution in [-0.4, -0.2) is 62.0 Å². The quantitative estimate of drug-likeness (QED) is 0.0511. The van der Waals surface area contributed by atoms with E-state index in [4.69, 9.17) is 15.3 Å². The minimum absolute atomic E-state index is 0.184. The van der Waals surface area contributed by atoms with Gasteiger partial charge in [-0.1, -0.05) is 109 Å². The molecule has 0 fully saturated rings. The van der Waals surface area contributed by atoms with Crippen LogP contribution in [0.2, 0.25) is 0 Å². The van der Waals surface area contributed by atoms with E-state index < -0.39 is 57.5 Å². The lowest BCUT2D eigenvalue weighted by Gasteiger charge is -2.24. The summed E-state index contributed by atoms with van der Waals surface area (Å²) in [5.41, 5.74) is 0. The van der Waals surface area contributed by atoms with Crippen LogP contribution in [-0.2, 0) is 29.3 Å². The second-order valence-electron chi connectivity index (χ2n) is 10.1. The van der Waals surface area contributed by atoms with Crippen molar-refractivity contribution < 1.29 is 52.6 Å². The first kappa shape index (κ1) is 35.8. The Balaban J connectivity index is 3.67. The zero-order valence-electron chi connectivity index (χ0n) is 22.3. The molecule has 0 aromatic heterocycles. The number of aliphatic carboxylic acids is 4. The van der Waals surface area contributed by atoms with Crippen molar-refractivity contribution in [1.82, 2.24) is 0 Å². The molecule has 0 saturated heterocycles. The van der Waals surface area contributed by atoms with Crippen LogP contribution < -0.4 is 0 Å². The first-order valence-corrected chi connectivity index (χ1v) is 15.2. The predicted molar refractivity (Wildman–Crippen MR) is 141 cm³/mol. The van der Waals surface area contributed by atoms with Crippen molar-refractivity contribution in [3.8, 4) is 0 Å². The molecule has 0 aliphatic heterocycles. The van der Waals surface area contributed by atoms with Gasteiger partial charge in [-0.15, -0.1) is 0 Å². The smallest absolute Gasteiger partial charge is 0.328 e. The topological polar surface area (TPSA) is 204 Å². The molecule has 222 valence electrons. The van der Waals surface area contributed by atoms with Gasteiger partial charge in [0.1, 0.15) is 0 Å². The molecule has 0 rings (SSSR count). The van der Waals surface area contributed by atoms with Gasteiger partial charge in [0.15, 0.2) is 5.92 Å². The fraction of sp³-hybridized carbons (Fsp3) is 0.846. The van der Waals surface area contributed by atoms with Gasteiger partial charge < -0.3 is 20.4 Å². The van der Waals surface area contributed by atoms with Gasteiger partial charge in [0.2, 0.25) is 4.75 Å². The number of carboxylic acid groups (broad SMARTS) is 4. The highest BCUT2D eigenvalue weighted by atomic mass is 32.2. The Kier molecular flexibility index (Phi) is 18.6. The molecular formula is C26H46O11S. The van der Waals surface area contributed by atoms with Gasteiger partial charge in [-0.2, -0.15) is 8.42 Å². The van der Waals surface area contributed by atoms with Crippen LogP contribution >= 0.6 is 0 Å². The maximum Gasteiger partial charge on any atom is 0.328 e. The Bertz CT molecular complexity index is 811. The predicted octanol–water partition coefficient (Wildman–Crippen LogP) is 5.37. The van der Waals surface area contributed by atoms with E-state index in [-0.39, 0.29) is 12.8 Å². The Morgan fingerprint density at radius 3 is 1.13 bits per heavy atom. The Labute approximate surface area is 225 Å². The minimum Gasteiger partial charge on any atom is -0.481 e. The van der Waals surface area contributed by atoms with Gasteiger partial charge in [-0.05, 0) is 12.8 Å². The number of hydrogen-bond donors (Lipinski definition) is 5. The van der Waals surface area contributed by atoms with Crippen LogP contribution in [0.25, 0.3) is 0 Å². The van der Waals surface area contributed by atoms with E-state index >= 15 is 0 Å². The molecule has 0 heterocycles. The lowest BCUT2D eigenvalue weighted by atomic mass is 9.96. The van der Waals surface area contributed by atoms with Gasteiger partial charge in [0.05, 0.1) is 6.42 Å². The Hall–Kier alpha value is -2.21. The maximum absolute atomic E-state index is 11.6. The summed E-state index contributed by atoms with van der Waals surface area (Å²) < 4.78 is 29.8. The number of unbranched alkanes of at least 4 members (excludes halogenated alkanes) is 16. The molecular weight excluding hydrogens is 520 g/mol. The summed E-state index contributed by atoms with van der Waals surface area (Å²) >= 11 is 0. The SMILES string of the molecule is O=C(O)CC(CCCCCCCCCCCCCCCCCCCC(C(=O)O)C(=O)O)(C(=O)O)S(=O)(=O)O. The number of carbonyl (C=O) groups is 4. The molecule has 38 heavy (non-hydrogen) atoms. The lowest BCUT2D eigenvalue weighted by molar-refractivity contribution is -0.155. The molecule has 0 aromatic carbocycles. The number of rotatable bonds is 26. The Morgan fingerprint density at radius 1 is 0.553 bits per heavy atom. The highest BCUT2D eigenvalue weighted by Gasteiger charge is 2.51. The summed E-state index contributed by atoms with van der Waals surface area (Å²) in [6, 6.07) is 0. The zero-order valence-corrected chi connectivity index (χ0v) is 23.1. The fourth-order valence-corrected chi connectivity index (χ4v) is 5.54. The molecule has 1 atom stereocenters. The van der Waals surface area contributed by atoms with Crippen LogP contribution in [0, 0.1) is 5.92 Å². The molecule has 0 radical (unpaired) electrons. The molecule has 0 amide bonds. The van der Waals surface area contributed by atoms with E-state index in [1.165, 1.54) is 32.1 Å². The molecule has 12 heteroatoms. The largest absolute Gasteiger partial charge is 0.481 e. The van der Waals surface area contributed by atoms with Crippen molar-refractivity contribution in [1.29, 1.82) is 0 Å². The van der Waals surface area contributed by atoms with Gasteiger partial charge in [0.25, 0.3) is 10.1 Å². The average Bonchev–Trinajstić information content (AvgIpc) is 2.80. The van der Waals surface area contributed by atoms with Crippen LogP contribution in [0.1, 0.15) is 128 Å². The fourth-order valence-electron chi connectivity index (χ4n) is 4.61. The number of hydrogen-bond acceptors (Lipinski definition) is 6. The first-order chi connectivity index (χ1) is 17.8. The molecule has 0 spiro atoms. The van der Waals surface area contributed by atoms with Crippen molar-refractivity contribution in [3.05, 3.63) is 0 Å². The standard InChI is InChI=1S/C26H46O11S/c27-22(28)20-26(25(33)34,38(35,36)37)19-17-15-13-11-9-7-5-3-1-2-4-6-8-10-12-14-16-18-21(23(29)30)24(31)32/h21H,1-20H2,(H,27,28)(H,29,30)(H,31,32)(H,33,34)(H,35,36,37). The third-order valence-electron chi connectivity index (χ3n) is 6.99. The second kappa shape index (κ2) is 19.8. The highest BCUT2D eigenvalue weighted by Crippen LogP contribution is 2.29. The van der Waals surface area contributed by atoms with Crippen molar-refractivity contribution in [2.24, 2.45) is 5.92 Å². The molecule has 11 nitrogen and oxygen atoms in total. The van der Waals surface area contributed by atoms with Crippen LogP contribution in [0.5, 0.6) is 0 Å². The van der Waals surface area contributed by atoms with Crippen molar-refractivity contribution >= 4 is 34.0 Å².